The molecule has 0 aliphatic rings. The van der Waals surface area contributed by atoms with E-state index < -0.39 is 17.4 Å². The number of hydrogen-bond acceptors (Lipinski definition) is 5. The Morgan fingerprint density at radius 3 is 2.57 bits per heavy atom. The monoisotopic (exact) mass is 292 g/mol. The Morgan fingerprint density at radius 1 is 1.24 bits per heavy atom. The third-order valence-electron chi connectivity index (χ3n) is 2.98. The largest absolute Gasteiger partial charge is 0.472 e. The molecule has 0 fully saturated rings. The fourth-order valence-electron chi connectivity index (χ4n) is 1.87. The quantitative estimate of drug-likeness (QED) is 0.690. The lowest BCUT2D eigenvalue weighted by molar-refractivity contribution is -0.139. The Bertz CT molecular complexity index is 555. The number of rotatable bonds is 5. The van der Waals surface area contributed by atoms with Crippen molar-refractivity contribution in [2.75, 3.05) is 13.1 Å². The third-order valence-corrected chi connectivity index (χ3v) is 2.98. The van der Waals surface area contributed by atoms with Crippen molar-refractivity contribution in [3.8, 4) is 0 Å². The van der Waals surface area contributed by atoms with E-state index in [2.05, 4.69) is 10.6 Å². The zero-order valence-corrected chi connectivity index (χ0v) is 11.5. The lowest BCUT2D eigenvalue weighted by Crippen LogP contribution is -2.46. The van der Waals surface area contributed by atoms with E-state index in [9.17, 15) is 14.7 Å². The van der Waals surface area contributed by atoms with E-state index in [1.54, 1.807) is 25.1 Å². The fraction of sp³-hybridized carbons (Fsp3) is 0.286. The molecule has 0 aliphatic heterocycles. The van der Waals surface area contributed by atoms with Crippen molar-refractivity contribution in [2.24, 2.45) is 0 Å². The molecular formula is C14H16N2O5. The van der Waals surface area contributed by atoms with Gasteiger partial charge in [0.2, 0.25) is 0 Å². The van der Waals surface area contributed by atoms with Gasteiger partial charge in [-0.1, -0.05) is 0 Å². The number of carbonyl (C=O) groups is 2. The SMILES string of the molecule is CCNC(=O)C(=O)NCC(O)(c1ccoc1)c1ccco1. The maximum atomic E-state index is 11.6. The molecule has 2 rings (SSSR count). The van der Waals surface area contributed by atoms with E-state index in [1.807, 2.05) is 0 Å². The summed E-state index contributed by atoms with van der Waals surface area (Å²) >= 11 is 0. The fourth-order valence-corrected chi connectivity index (χ4v) is 1.87. The van der Waals surface area contributed by atoms with Gasteiger partial charge < -0.3 is 24.6 Å². The summed E-state index contributed by atoms with van der Waals surface area (Å²) in [4.78, 5) is 23.0. The molecule has 2 aromatic rings. The first-order valence-electron chi connectivity index (χ1n) is 6.43. The summed E-state index contributed by atoms with van der Waals surface area (Å²) in [5.41, 5.74) is -1.20. The van der Waals surface area contributed by atoms with Gasteiger partial charge in [-0.15, -0.1) is 0 Å². The Kier molecular flexibility index (Phi) is 4.44. The first-order chi connectivity index (χ1) is 10.1. The van der Waals surface area contributed by atoms with Gasteiger partial charge in [0.05, 0.1) is 25.3 Å². The van der Waals surface area contributed by atoms with E-state index in [4.69, 9.17) is 8.83 Å². The molecule has 2 heterocycles. The molecule has 0 saturated carbocycles. The molecule has 0 saturated heterocycles. The predicted octanol–water partition coefficient (Wildman–Crippen LogP) is 0.361. The molecule has 112 valence electrons. The molecule has 1 unspecified atom stereocenters. The maximum Gasteiger partial charge on any atom is 0.309 e. The van der Waals surface area contributed by atoms with Crippen LogP contribution in [0.4, 0.5) is 0 Å². The van der Waals surface area contributed by atoms with Crippen molar-refractivity contribution in [1.82, 2.24) is 10.6 Å². The topological polar surface area (TPSA) is 105 Å². The highest BCUT2D eigenvalue weighted by Gasteiger charge is 2.36. The molecule has 7 heteroatoms. The summed E-state index contributed by atoms with van der Waals surface area (Å²) < 4.78 is 10.2. The normalized spacial score (nSPS) is 13.4. The minimum atomic E-state index is -1.61. The van der Waals surface area contributed by atoms with Gasteiger partial charge in [0.15, 0.2) is 5.60 Å². The molecule has 0 spiro atoms. The molecular weight excluding hydrogens is 276 g/mol. The van der Waals surface area contributed by atoms with Gasteiger partial charge in [-0.2, -0.15) is 0 Å². The summed E-state index contributed by atoms with van der Waals surface area (Å²) in [7, 11) is 0. The highest BCUT2D eigenvalue weighted by Crippen LogP contribution is 2.29. The first-order valence-corrected chi connectivity index (χ1v) is 6.43. The van der Waals surface area contributed by atoms with Gasteiger partial charge in [0.25, 0.3) is 0 Å². The van der Waals surface area contributed by atoms with E-state index in [0.717, 1.165) is 0 Å². The van der Waals surface area contributed by atoms with Gasteiger partial charge in [0.1, 0.15) is 5.76 Å². The molecule has 2 aromatic heterocycles. The summed E-state index contributed by atoms with van der Waals surface area (Å²) in [6, 6.07) is 4.75. The van der Waals surface area contributed by atoms with Crippen LogP contribution < -0.4 is 10.6 Å². The van der Waals surface area contributed by atoms with Crippen molar-refractivity contribution in [3.05, 3.63) is 48.3 Å². The third kappa shape index (κ3) is 3.14. The van der Waals surface area contributed by atoms with Gasteiger partial charge in [0, 0.05) is 12.1 Å². The van der Waals surface area contributed by atoms with Crippen LogP contribution in [0.15, 0.2) is 45.8 Å². The zero-order valence-electron chi connectivity index (χ0n) is 11.5. The van der Waals surface area contributed by atoms with E-state index in [1.165, 1.54) is 18.8 Å². The van der Waals surface area contributed by atoms with Crippen LogP contribution in [0.25, 0.3) is 0 Å². The maximum absolute atomic E-state index is 11.6. The standard InChI is InChI=1S/C14H16N2O5/c1-2-15-12(17)13(18)16-9-14(19,10-5-7-20-8-10)11-4-3-6-21-11/h3-8,19H,2,9H2,1H3,(H,15,17)(H,16,18). The van der Waals surface area contributed by atoms with Gasteiger partial charge in [-0.25, -0.2) is 0 Å². The molecule has 0 aromatic carbocycles. The van der Waals surface area contributed by atoms with Crippen LogP contribution in [0.5, 0.6) is 0 Å². The second-order valence-corrected chi connectivity index (χ2v) is 4.39. The number of hydrogen-bond donors (Lipinski definition) is 3. The summed E-state index contributed by atoms with van der Waals surface area (Å²) in [5.74, 6) is -1.35. The number of furan rings is 2. The van der Waals surface area contributed by atoms with Crippen LogP contribution in [0, 0.1) is 0 Å². The molecule has 7 nitrogen and oxygen atoms in total. The average Bonchev–Trinajstić information content (AvgIpc) is 3.16. The molecule has 0 aliphatic carbocycles. The highest BCUT2D eigenvalue weighted by molar-refractivity contribution is 6.35. The minimum Gasteiger partial charge on any atom is -0.472 e. The number of amides is 2. The second kappa shape index (κ2) is 6.27. The molecule has 2 amide bonds. The van der Waals surface area contributed by atoms with Crippen LogP contribution in [0.2, 0.25) is 0 Å². The summed E-state index contributed by atoms with van der Waals surface area (Å²) in [6.45, 7) is 1.82. The summed E-state index contributed by atoms with van der Waals surface area (Å²) in [6.07, 6.45) is 4.15. The Labute approximate surface area is 120 Å². The zero-order chi connectivity index (χ0) is 15.3. The van der Waals surface area contributed by atoms with Crippen LogP contribution in [0.1, 0.15) is 18.2 Å². The lowest BCUT2D eigenvalue weighted by Gasteiger charge is -2.25. The first kappa shape index (κ1) is 14.9. The Balaban J connectivity index is 2.15. The van der Waals surface area contributed by atoms with Gasteiger partial charge in [-0.05, 0) is 25.1 Å². The molecule has 21 heavy (non-hydrogen) atoms. The van der Waals surface area contributed by atoms with Crippen molar-refractivity contribution < 1.29 is 23.5 Å². The molecule has 3 N–H and O–H groups in total. The van der Waals surface area contributed by atoms with Crippen molar-refractivity contribution in [3.63, 3.8) is 0 Å². The molecule has 1 atom stereocenters. The van der Waals surface area contributed by atoms with E-state index in [0.29, 0.717) is 12.1 Å². The minimum absolute atomic E-state index is 0.226. The number of nitrogens with one attached hydrogen (secondary N) is 2. The van der Waals surface area contributed by atoms with E-state index >= 15 is 0 Å². The number of aliphatic hydroxyl groups is 1. The van der Waals surface area contributed by atoms with Gasteiger partial charge in [-0.3, -0.25) is 9.59 Å². The van der Waals surface area contributed by atoms with Crippen molar-refractivity contribution in [2.45, 2.75) is 12.5 Å². The number of likely N-dealkylation sites (N-methyl/N-ethyl adjacent to an activating group) is 1. The van der Waals surface area contributed by atoms with E-state index in [-0.39, 0.29) is 12.3 Å². The highest BCUT2D eigenvalue weighted by atomic mass is 16.4. The smallest absolute Gasteiger partial charge is 0.309 e. The average molecular weight is 292 g/mol. The second-order valence-electron chi connectivity index (χ2n) is 4.39. The number of carbonyl (C=O) groups excluding carboxylic acids is 2. The van der Waals surface area contributed by atoms with Crippen molar-refractivity contribution >= 4 is 11.8 Å². The molecule has 0 bridgehead atoms. The lowest BCUT2D eigenvalue weighted by atomic mass is 9.93. The van der Waals surface area contributed by atoms with Gasteiger partial charge >= 0.3 is 11.8 Å². The van der Waals surface area contributed by atoms with Crippen LogP contribution in [0.3, 0.4) is 0 Å². The van der Waals surface area contributed by atoms with Crippen LogP contribution in [-0.4, -0.2) is 30.0 Å². The Hall–Kier alpha value is -2.54. The Morgan fingerprint density at radius 2 is 2.00 bits per heavy atom. The van der Waals surface area contributed by atoms with Crippen LogP contribution in [-0.2, 0) is 15.2 Å². The molecule has 0 radical (unpaired) electrons. The van der Waals surface area contributed by atoms with Crippen LogP contribution >= 0.6 is 0 Å². The van der Waals surface area contributed by atoms with Crippen molar-refractivity contribution in [1.29, 1.82) is 0 Å². The summed E-state index contributed by atoms with van der Waals surface area (Å²) in [5, 5.41) is 15.6. The predicted molar refractivity (Wildman–Crippen MR) is 72.1 cm³/mol.